The van der Waals surface area contributed by atoms with Crippen molar-refractivity contribution >= 4 is 31.5 Å². The van der Waals surface area contributed by atoms with Gasteiger partial charge in [0.05, 0.1) is 16.7 Å². The summed E-state index contributed by atoms with van der Waals surface area (Å²) in [6, 6.07) is 9.88. The third-order valence-corrected chi connectivity index (χ3v) is 8.45. The maximum absolute atomic E-state index is 13.4. The first kappa shape index (κ1) is 23.1. The minimum atomic E-state index is -3.68. The second kappa shape index (κ2) is 8.89. The van der Waals surface area contributed by atoms with Crippen LogP contribution in [0.1, 0.15) is 24.2 Å². The molecule has 0 saturated heterocycles. The van der Waals surface area contributed by atoms with Crippen LogP contribution in [0.2, 0.25) is 0 Å². The normalized spacial score (nSPS) is 17.7. The molecule has 0 radical (unpaired) electrons. The highest BCUT2D eigenvalue weighted by atomic mass is 32.2. The Morgan fingerprint density at radius 3 is 2.10 bits per heavy atom. The molecule has 3 rings (SSSR count). The number of halogens is 1. The van der Waals surface area contributed by atoms with Crippen molar-refractivity contribution in [3.63, 3.8) is 0 Å². The molecule has 0 aromatic heterocycles. The van der Waals surface area contributed by atoms with Crippen LogP contribution in [0, 0.1) is 5.82 Å². The number of rotatable bonds is 7. The summed E-state index contributed by atoms with van der Waals surface area (Å²) in [7, 11) is -7.12. The van der Waals surface area contributed by atoms with Crippen LogP contribution in [0.5, 0.6) is 0 Å². The number of benzene rings is 2. The smallest absolute Gasteiger partial charge is 0.258 e. The summed E-state index contributed by atoms with van der Waals surface area (Å²) in [5.41, 5.74) is 0.513. The molecule has 0 bridgehead atoms. The minimum absolute atomic E-state index is 0.0597. The molecule has 0 spiro atoms. The van der Waals surface area contributed by atoms with Gasteiger partial charge in [0.2, 0.25) is 10.0 Å². The summed E-state index contributed by atoms with van der Waals surface area (Å²) < 4.78 is 63.8. The van der Waals surface area contributed by atoms with E-state index in [1.165, 1.54) is 63.8 Å². The summed E-state index contributed by atoms with van der Waals surface area (Å²) in [5.74, 6) is -1.30. The van der Waals surface area contributed by atoms with Crippen molar-refractivity contribution in [3.05, 3.63) is 71.4 Å². The number of sulfone groups is 1. The number of carbonyl (C=O) groups is 1. The van der Waals surface area contributed by atoms with Crippen molar-refractivity contribution in [2.24, 2.45) is 0 Å². The predicted octanol–water partition coefficient (Wildman–Crippen LogP) is 2.81. The van der Waals surface area contributed by atoms with E-state index in [1.807, 2.05) is 0 Å². The van der Waals surface area contributed by atoms with Gasteiger partial charge in [0.1, 0.15) is 5.82 Å². The molecule has 1 aliphatic rings. The van der Waals surface area contributed by atoms with Gasteiger partial charge in [-0.1, -0.05) is 13.8 Å². The lowest BCUT2D eigenvalue weighted by molar-refractivity contribution is 0.0983. The maximum atomic E-state index is 13.4. The molecule has 0 unspecified atom stereocenters. The van der Waals surface area contributed by atoms with Crippen LogP contribution in [0.4, 0.5) is 10.1 Å². The van der Waals surface area contributed by atoms with Crippen LogP contribution in [-0.2, 0) is 19.9 Å². The van der Waals surface area contributed by atoms with E-state index in [0.29, 0.717) is 18.8 Å². The van der Waals surface area contributed by atoms with Crippen molar-refractivity contribution in [1.29, 1.82) is 0 Å². The number of amides is 1. The molecule has 166 valence electrons. The second-order valence-electron chi connectivity index (χ2n) is 6.99. The third kappa shape index (κ3) is 4.86. The molecule has 10 heteroatoms. The maximum Gasteiger partial charge on any atom is 0.258 e. The van der Waals surface area contributed by atoms with Gasteiger partial charge >= 0.3 is 0 Å². The zero-order valence-electron chi connectivity index (χ0n) is 17.1. The molecule has 0 aliphatic carbocycles. The van der Waals surface area contributed by atoms with Crippen molar-refractivity contribution in [3.8, 4) is 0 Å². The summed E-state index contributed by atoms with van der Waals surface area (Å²) >= 11 is 0. The molecule has 2 aromatic rings. The van der Waals surface area contributed by atoms with Crippen molar-refractivity contribution in [2.75, 3.05) is 23.7 Å². The highest BCUT2D eigenvalue weighted by Crippen LogP contribution is 2.26. The average Bonchev–Trinajstić information content (AvgIpc) is 3.09. The molecule has 1 atom stereocenters. The van der Waals surface area contributed by atoms with Crippen LogP contribution >= 0.6 is 0 Å². The Morgan fingerprint density at radius 2 is 1.61 bits per heavy atom. The molecule has 7 nitrogen and oxygen atoms in total. The Morgan fingerprint density at radius 1 is 1.03 bits per heavy atom. The predicted molar refractivity (Wildman–Crippen MR) is 116 cm³/mol. The lowest BCUT2D eigenvalue weighted by atomic mass is 10.1. The largest absolute Gasteiger partial charge is 0.300 e. The van der Waals surface area contributed by atoms with Crippen LogP contribution in [0.25, 0.3) is 0 Å². The Labute approximate surface area is 181 Å². The van der Waals surface area contributed by atoms with Crippen molar-refractivity contribution < 1.29 is 26.0 Å². The fraction of sp³-hybridized carbons (Fsp3) is 0.286. The van der Waals surface area contributed by atoms with Crippen LogP contribution in [0.3, 0.4) is 0 Å². The van der Waals surface area contributed by atoms with Crippen LogP contribution in [-0.4, -0.2) is 51.9 Å². The highest BCUT2D eigenvalue weighted by Gasteiger charge is 2.32. The molecule has 0 N–H and O–H groups in total. The summed E-state index contributed by atoms with van der Waals surface area (Å²) in [4.78, 5) is 14.6. The first-order valence-corrected chi connectivity index (χ1v) is 12.8. The molecule has 1 heterocycles. The van der Waals surface area contributed by atoms with E-state index >= 15 is 0 Å². The zero-order chi connectivity index (χ0) is 22.8. The molecular weight excluding hydrogens is 443 g/mol. The molecule has 1 amide bonds. The zero-order valence-corrected chi connectivity index (χ0v) is 18.7. The van der Waals surface area contributed by atoms with E-state index in [-0.39, 0.29) is 16.2 Å². The van der Waals surface area contributed by atoms with Crippen molar-refractivity contribution in [2.45, 2.75) is 24.8 Å². The van der Waals surface area contributed by atoms with Gasteiger partial charge in [0.25, 0.3) is 5.91 Å². The Bertz CT molecular complexity index is 1190. The topological polar surface area (TPSA) is 91.8 Å². The van der Waals surface area contributed by atoms with E-state index < -0.39 is 37.6 Å². The average molecular weight is 467 g/mol. The number of sulfonamides is 1. The van der Waals surface area contributed by atoms with E-state index in [1.54, 1.807) is 13.8 Å². The standard InChI is InChI=1S/C21H23FN2O5S2/c1-3-23(4-2)31(28,29)20-11-5-16(6-12-20)21(25)24(18-9-7-17(22)8-10-18)19-13-14-30(26,27)15-19/h5-14,19H,3-4,15H2,1-2H3/t19-/m1/s1. The number of hydrogen-bond donors (Lipinski definition) is 0. The number of nitrogens with zero attached hydrogens (tertiary/aromatic N) is 2. The van der Waals surface area contributed by atoms with Crippen molar-refractivity contribution in [1.82, 2.24) is 4.31 Å². The molecular formula is C21H23FN2O5S2. The van der Waals surface area contributed by atoms with Crippen LogP contribution in [0.15, 0.2) is 64.9 Å². The number of carbonyl (C=O) groups excluding carboxylic acids is 1. The lowest BCUT2D eigenvalue weighted by Crippen LogP contribution is -2.41. The van der Waals surface area contributed by atoms with Gasteiger partial charge in [-0.25, -0.2) is 21.2 Å². The van der Waals surface area contributed by atoms with Gasteiger partial charge in [0.15, 0.2) is 9.84 Å². The van der Waals surface area contributed by atoms with Gasteiger partial charge in [-0.05, 0) is 54.6 Å². The van der Waals surface area contributed by atoms with E-state index in [9.17, 15) is 26.0 Å². The molecule has 1 aliphatic heterocycles. The van der Waals surface area contributed by atoms with E-state index in [4.69, 9.17) is 0 Å². The van der Waals surface area contributed by atoms with Gasteiger partial charge in [-0.3, -0.25) is 4.79 Å². The van der Waals surface area contributed by atoms with Gasteiger partial charge < -0.3 is 4.90 Å². The van der Waals surface area contributed by atoms with E-state index in [0.717, 1.165) is 5.41 Å². The quantitative estimate of drug-likeness (QED) is 0.626. The highest BCUT2D eigenvalue weighted by molar-refractivity contribution is 7.94. The summed E-state index contributed by atoms with van der Waals surface area (Å²) in [6.45, 7) is 4.12. The number of hydrogen-bond acceptors (Lipinski definition) is 5. The Balaban J connectivity index is 1.97. The molecule has 0 saturated carbocycles. The summed E-state index contributed by atoms with van der Waals surface area (Å²) in [6.07, 6.45) is 1.41. The Kier molecular flexibility index (Phi) is 6.63. The fourth-order valence-electron chi connectivity index (χ4n) is 3.40. The SMILES string of the molecule is CCN(CC)S(=O)(=O)c1ccc(C(=O)N(c2ccc(F)cc2)[C@@H]2C=CS(=O)(=O)C2)cc1. The van der Waals surface area contributed by atoms with E-state index in [2.05, 4.69) is 0 Å². The minimum Gasteiger partial charge on any atom is -0.300 e. The van der Waals surface area contributed by atoms with Gasteiger partial charge in [-0.15, -0.1) is 0 Å². The molecule has 0 fully saturated rings. The fourth-order valence-corrected chi connectivity index (χ4v) is 6.13. The molecule has 2 aromatic carbocycles. The van der Waals surface area contributed by atoms with Gasteiger partial charge in [0, 0.05) is 29.7 Å². The third-order valence-electron chi connectivity index (χ3n) is 5.01. The van der Waals surface area contributed by atoms with Gasteiger partial charge in [-0.2, -0.15) is 4.31 Å². The Hall–Kier alpha value is -2.56. The molecule has 31 heavy (non-hydrogen) atoms. The summed E-state index contributed by atoms with van der Waals surface area (Å²) in [5, 5.41) is 1.06. The first-order chi connectivity index (χ1) is 14.6. The second-order valence-corrected chi connectivity index (χ2v) is 10.9. The first-order valence-electron chi connectivity index (χ1n) is 9.69. The monoisotopic (exact) mass is 466 g/mol. The van der Waals surface area contributed by atoms with Crippen LogP contribution < -0.4 is 4.90 Å². The lowest BCUT2D eigenvalue weighted by Gasteiger charge is -2.28. The number of anilines is 1.